The van der Waals surface area contributed by atoms with Crippen LogP contribution in [0.3, 0.4) is 0 Å². The first-order valence-corrected chi connectivity index (χ1v) is 4.07. The lowest BCUT2D eigenvalue weighted by atomic mass is 10.2. The highest BCUT2D eigenvalue weighted by Crippen LogP contribution is 1.97. The fourth-order valence-corrected chi connectivity index (χ4v) is 0.750. The SMILES string of the molecule is CC(O)CCN(C)C(C)CO. The van der Waals surface area contributed by atoms with Crippen LogP contribution in [-0.2, 0) is 0 Å². The number of likely N-dealkylation sites (N-methyl/N-ethyl adjacent to an activating group) is 1. The summed E-state index contributed by atoms with van der Waals surface area (Å²) in [4.78, 5) is 2.03. The lowest BCUT2D eigenvalue weighted by Crippen LogP contribution is -2.33. The van der Waals surface area contributed by atoms with Gasteiger partial charge in [0.15, 0.2) is 0 Å². The molecule has 68 valence electrons. The fraction of sp³-hybridized carbons (Fsp3) is 1.00. The summed E-state index contributed by atoms with van der Waals surface area (Å²) in [5.74, 6) is 0. The van der Waals surface area contributed by atoms with Gasteiger partial charge in [-0.25, -0.2) is 0 Å². The van der Waals surface area contributed by atoms with E-state index in [1.54, 1.807) is 6.92 Å². The van der Waals surface area contributed by atoms with Gasteiger partial charge in [0.25, 0.3) is 0 Å². The van der Waals surface area contributed by atoms with E-state index in [0.29, 0.717) is 0 Å². The third-order valence-corrected chi connectivity index (χ3v) is 1.92. The van der Waals surface area contributed by atoms with E-state index in [1.807, 2.05) is 18.9 Å². The van der Waals surface area contributed by atoms with Gasteiger partial charge < -0.3 is 15.1 Å². The van der Waals surface area contributed by atoms with Gasteiger partial charge in [-0.05, 0) is 27.3 Å². The molecule has 3 heteroatoms. The second kappa shape index (κ2) is 5.52. The van der Waals surface area contributed by atoms with Gasteiger partial charge in [-0.2, -0.15) is 0 Å². The highest BCUT2D eigenvalue weighted by atomic mass is 16.3. The molecule has 0 rings (SSSR count). The summed E-state index contributed by atoms with van der Waals surface area (Å²) in [7, 11) is 1.95. The fourth-order valence-electron chi connectivity index (χ4n) is 0.750. The van der Waals surface area contributed by atoms with Crippen molar-refractivity contribution in [2.24, 2.45) is 0 Å². The van der Waals surface area contributed by atoms with Gasteiger partial charge in [0.2, 0.25) is 0 Å². The van der Waals surface area contributed by atoms with Gasteiger partial charge in [0, 0.05) is 12.6 Å². The number of nitrogens with zero attached hydrogens (tertiary/aromatic N) is 1. The minimum Gasteiger partial charge on any atom is -0.395 e. The first kappa shape index (κ1) is 10.9. The molecule has 0 saturated heterocycles. The summed E-state index contributed by atoms with van der Waals surface area (Å²) in [6, 6.07) is 0.189. The van der Waals surface area contributed by atoms with Crippen molar-refractivity contribution in [3.05, 3.63) is 0 Å². The minimum absolute atomic E-state index is 0.177. The molecular formula is C8H19NO2. The number of aliphatic hydroxyl groups is 2. The Bertz CT molecular complexity index is 96.1. The van der Waals surface area contributed by atoms with Gasteiger partial charge in [0.1, 0.15) is 0 Å². The smallest absolute Gasteiger partial charge is 0.0584 e. The molecule has 0 aromatic heterocycles. The Morgan fingerprint density at radius 3 is 2.27 bits per heavy atom. The minimum atomic E-state index is -0.247. The van der Waals surface area contributed by atoms with Gasteiger partial charge in [-0.1, -0.05) is 0 Å². The first-order chi connectivity index (χ1) is 5.07. The van der Waals surface area contributed by atoms with E-state index in [4.69, 9.17) is 10.2 Å². The van der Waals surface area contributed by atoms with Crippen LogP contribution in [0.15, 0.2) is 0 Å². The Morgan fingerprint density at radius 1 is 1.36 bits per heavy atom. The highest BCUT2D eigenvalue weighted by Gasteiger charge is 2.07. The van der Waals surface area contributed by atoms with Crippen LogP contribution < -0.4 is 0 Å². The van der Waals surface area contributed by atoms with Gasteiger partial charge in [-0.3, -0.25) is 0 Å². The van der Waals surface area contributed by atoms with Crippen LogP contribution in [0, 0.1) is 0 Å². The van der Waals surface area contributed by atoms with Crippen LogP contribution in [0.4, 0.5) is 0 Å². The summed E-state index contributed by atoms with van der Waals surface area (Å²) in [5, 5.41) is 17.7. The number of rotatable bonds is 5. The molecule has 3 nitrogen and oxygen atoms in total. The largest absolute Gasteiger partial charge is 0.395 e. The van der Waals surface area contributed by atoms with Crippen LogP contribution >= 0.6 is 0 Å². The molecule has 0 aromatic rings. The summed E-state index contributed by atoms with van der Waals surface area (Å²) in [6.45, 7) is 4.75. The average Bonchev–Trinajstić information content (AvgIpc) is 1.98. The maximum atomic E-state index is 8.97. The topological polar surface area (TPSA) is 43.7 Å². The Kier molecular flexibility index (Phi) is 5.46. The Balaban J connectivity index is 3.43. The third kappa shape index (κ3) is 5.18. The summed E-state index contributed by atoms with van der Waals surface area (Å²) >= 11 is 0. The van der Waals surface area contributed by atoms with Crippen LogP contribution in [0.1, 0.15) is 20.3 Å². The molecular weight excluding hydrogens is 142 g/mol. The molecule has 0 aliphatic carbocycles. The Morgan fingerprint density at radius 2 is 1.91 bits per heavy atom. The van der Waals surface area contributed by atoms with Crippen LogP contribution in [0.25, 0.3) is 0 Å². The quantitative estimate of drug-likeness (QED) is 0.599. The molecule has 0 aliphatic rings. The monoisotopic (exact) mass is 161 g/mol. The lowest BCUT2D eigenvalue weighted by molar-refractivity contribution is 0.125. The van der Waals surface area contributed by atoms with E-state index in [-0.39, 0.29) is 18.8 Å². The van der Waals surface area contributed by atoms with Gasteiger partial charge in [0.05, 0.1) is 12.7 Å². The van der Waals surface area contributed by atoms with Crippen molar-refractivity contribution in [1.29, 1.82) is 0 Å². The first-order valence-electron chi connectivity index (χ1n) is 4.07. The normalized spacial score (nSPS) is 16.9. The number of aliphatic hydroxyl groups excluding tert-OH is 2. The molecule has 0 bridgehead atoms. The molecule has 2 N–H and O–H groups in total. The van der Waals surface area contributed by atoms with E-state index >= 15 is 0 Å². The second-order valence-electron chi connectivity index (χ2n) is 3.15. The molecule has 2 unspecified atom stereocenters. The van der Waals surface area contributed by atoms with E-state index in [9.17, 15) is 0 Å². The third-order valence-electron chi connectivity index (χ3n) is 1.92. The predicted octanol–water partition coefficient (Wildman–Crippen LogP) is 0.0699. The highest BCUT2D eigenvalue weighted by molar-refractivity contribution is 4.62. The van der Waals surface area contributed by atoms with Gasteiger partial charge >= 0.3 is 0 Å². The molecule has 2 atom stereocenters. The summed E-state index contributed by atoms with van der Waals surface area (Å²) in [6.07, 6.45) is 0.518. The van der Waals surface area contributed by atoms with Crippen molar-refractivity contribution in [1.82, 2.24) is 4.90 Å². The van der Waals surface area contributed by atoms with E-state index < -0.39 is 0 Å². The summed E-state index contributed by atoms with van der Waals surface area (Å²) in [5.41, 5.74) is 0. The Hall–Kier alpha value is -0.120. The summed E-state index contributed by atoms with van der Waals surface area (Å²) < 4.78 is 0. The molecule has 0 fully saturated rings. The van der Waals surface area contributed by atoms with Crippen molar-refractivity contribution in [3.63, 3.8) is 0 Å². The second-order valence-corrected chi connectivity index (χ2v) is 3.15. The van der Waals surface area contributed by atoms with Crippen LogP contribution in [0.5, 0.6) is 0 Å². The molecule has 0 amide bonds. The van der Waals surface area contributed by atoms with E-state index in [0.717, 1.165) is 13.0 Å². The molecule has 0 spiro atoms. The maximum absolute atomic E-state index is 8.97. The lowest BCUT2D eigenvalue weighted by Gasteiger charge is -2.23. The zero-order valence-corrected chi connectivity index (χ0v) is 7.62. The number of hydrogen-bond acceptors (Lipinski definition) is 3. The average molecular weight is 161 g/mol. The predicted molar refractivity (Wildman–Crippen MR) is 45.5 cm³/mol. The number of hydrogen-bond donors (Lipinski definition) is 2. The maximum Gasteiger partial charge on any atom is 0.0584 e. The molecule has 0 heterocycles. The zero-order valence-electron chi connectivity index (χ0n) is 7.62. The molecule has 0 radical (unpaired) electrons. The Labute approximate surface area is 68.6 Å². The van der Waals surface area contributed by atoms with Crippen molar-refractivity contribution in [3.8, 4) is 0 Å². The van der Waals surface area contributed by atoms with Crippen molar-refractivity contribution in [2.45, 2.75) is 32.4 Å². The molecule has 0 aromatic carbocycles. The zero-order chi connectivity index (χ0) is 8.85. The van der Waals surface area contributed by atoms with E-state index in [2.05, 4.69) is 0 Å². The molecule has 11 heavy (non-hydrogen) atoms. The van der Waals surface area contributed by atoms with Gasteiger partial charge in [-0.15, -0.1) is 0 Å². The van der Waals surface area contributed by atoms with Crippen LogP contribution in [-0.4, -0.2) is 47.5 Å². The van der Waals surface area contributed by atoms with Crippen molar-refractivity contribution < 1.29 is 10.2 Å². The van der Waals surface area contributed by atoms with Crippen molar-refractivity contribution >= 4 is 0 Å². The van der Waals surface area contributed by atoms with Crippen LogP contribution in [0.2, 0.25) is 0 Å². The molecule has 0 saturated carbocycles. The standard InChI is InChI=1S/C8H19NO2/c1-7(6-10)9(3)5-4-8(2)11/h7-8,10-11H,4-6H2,1-3H3. The molecule has 0 aliphatic heterocycles. The van der Waals surface area contributed by atoms with Crippen molar-refractivity contribution in [2.75, 3.05) is 20.2 Å². The van der Waals surface area contributed by atoms with E-state index in [1.165, 1.54) is 0 Å².